The molecule has 6 aromatic heterocycles. The van der Waals surface area contributed by atoms with Crippen LogP contribution < -0.4 is 5.46 Å². The zero-order valence-electron chi connectivity index (χ0n) is 61.0. The van der Waals surface area contributed by atoms with Gasteiger partial charge in [0.2, 0.25) is 5.28 Å². The molecule has 0 saturated carbocycles. The van der Waals surface area contributed by atoms with Gasteiger partial charge in [-0.25, -0.2) is 19.9 Å². The molecule has 0 amide bonds. The molecule has 12 heteroatoms. The van der Waals surface area contributed by atoms with Crippen molar-refractivity contribution in [3.05, 3.63) is 370 Å². The van der Waals surface area contributed by atoms with Crippen LogP contribution in [0.25, 0.3) is 166 Å². The fourth-order valence-electron chi connectivity index (χ4n) is 15.7. The van der Waals surface area contributed by atoms with Gasteiger partial charge in [-0.1, -0.05) is 237 Å². The van der Waals surface area contributed by atoms with E-state index in [4.69, 9.17) is 30.9 Å². The zero-order chi connectivity index (χ0) is 74.0. The molecule has 526 valence electrons. The van der Waals surface area contributed by atoms with E-state index in [1.807, 2.05) is 72.8 Å². The Kier molecular flexibility index (Phi) is 17.0. The normalized spacial score (nSPS) is 13.2. The molecule has 14 aromatic carbocycles. The Morgan fingerprint density at radius 1 is 0.282 bits per heavy atom. The van der Waals surface area contributed by atoms with Gasteiger partial charge >= 0.3 is 7.12 Å². The molecule has 1 saturated heterocycles. The Hall–Kier alpha value is -13.3. The maximum Gasteiger partial charge on any atom is 0.494 e. The second-order valence-corrected chi connectivity index (χ2v) is 29.3. The minimum Gasteiger partial charge on any atom is -0.399 e. The van der Waals surface area contributed by atoms with Crippen molar-refractivity contribution < 1.29 is 9.31 Å². The lowest BCUT2D eigenvalue weighted by molar-refractivity contribution is 0.00578. The predicted molar refractivity (Wildman–Crippen MR) is 456 cm³/mol. The Morgan fingerprint density at radius 3 is 1.15 bits per heavy atom. The van der Waals surface area contributed by atoms with Crippen LogP contribution in [0.3, 0.4) is 0 Å². The van der Waals surface area contributed by atoms with Gasteiger partial charge in [0.1, 0.15) is 0 Å². The summed E-state index contributed by atoms with van der Waals surface area (Å²) in [6, 6.07) is 123. The Balaban J connectivity index is 0.000000124. The van der Waals surface area contributed by atoms with Gasteiger partial charge < -0.3 is 27.6 Å². The van der Waals surface area contributed by atoms with Crippen molar-refractivity contribution in [1.29, 1.82) is 0 Å². The minimum atomic E-state index is -0.393. The summed E-state index contributed by atoms with van der Waals surface area (Å²) in [5.74, 6) is 0.719. The largest absolute Gasteiger partial charge is 0.494 e. The summed E-state index contributed by atoms with van der Waals surface area (Å²) in [4.78, 5) is 18.7. The summed E-state index contributed by atoms with van der Waals surface area (Å²) in [5, 5.41) is 9.70. The number of hydrogen-bond donors (Lipinski definition) is 0. The average Bonchev–Trinajstić information content (AvgIpc) is 1.57. The average molecular weight is 1440 g/mol. The van der Waals surface area contributed by atoms with Crippen LogP contribution >= 0.6 is 11.6 Å². The van der Waals surface area contributed by atoms with E-state index in [-0.39, 0.29) is 16.5 Å². The molecule has 1 fully saturated rings. The van der Waals surface area contributed by atoms with E-state index in [9.17, 15) is 0 Å². The van der Waals surface area contributed by atoms with Gasteiger partial charge in [-0.15, -0.1) is 0 Å². The molecule has 1 aliphatic rings. The van der Waals surface area contributed by atoms with Crippen LogP contribution in [0.1, 0.15) is 27.7 Å². The van der Waals surface area contributed by atoms with E-state index in [2.05, 4.69) is 347 Å². The molecule has 21 rings (SSSR count). The second-order valence-electron chi connectivity index (χ2n) is 28.9. The fraction of sp³-hybridized carbons (Fsp3) is 0.0612. The van der Waals surface area contributed by atoms with Crippen LogP contribution in [0, 0.1) is 0 Å². The summed E-state index contributed by atoms with van der Waals surface area (Å²) in [5.41, 5.74) is 23.4. The lowest BCUT2D eigenvalue weighted by atomic mass is 9.78. The van der Waals surface area contributed by atoms with Crippen molar-refractivity contribution in [2.45, 2.75) is 38.9 Å². The first-order valence-corrected chi connectivity index (χ1v) is 37.6. The van der Waals surface area contributed by atoms with Gasteiger partial charge in [-0.05, 0) is 182 Å². The van der Waals surface area contributed by atoms with Crippen LogP contribution in [-0.4, -0.2) is 56.5 Å². The van der Waals surface area contributed by atoms with Crippen LogP contribution in [0.4, 0.5) is 0 Å². The van der Waals surface area contributed by atoms with Crippen molar-refractivity contribution in [3.63, 3.8) is 0 Å². The monoisotopic (exact) mass is 1440 g/mol. The Labute approximate surface area is 642 Å². The molecule has 110 heavy (non-hydrogen) atoms. The van der Waals surface area contributed by atoms with Crippen molar-refractivity contribution in [2.75, 3.05) is 0 Å². The highest BCUT2D eigenvalue weighted by Gasteiger charge is 2.51. The smallest absolute Gasteiger partial charge is 0.399 e. The first kappa shape index (κ1) is 67.3. The number of para-hydroxylation sites is 6. The van der Waals surface area contributed by atoms with E-state index in [0.717, 1.165) is 101 Å². The highest BCUT2D eigenvalue weighted by molar-refractivity contribution is 6.62. The SMILES string of the molecule is CC1(C)OB(c2cccc(-c3ccc4c(c3)c3ccc5c(ccn5-c5ccccc5)c3n4-c3ccccc3)c2)OC1(C)C.Clc1nc(-c2ccccc2)c2ccccc2n1.c1ccc(-c2nc(-c3cccc(-c4ccc5c(c4)c4ccc6c(ccn6-c6ccccc6)c4n5-c4ccccc4)c3)nc3ccccc23)cc1. The maximum absolute atomic E-state index is 6.37. The van der Waals surface area contributed by atoms with E-state index in [1.165, 1.54) is 71.0 Å². The third-order valence-electron chi connectivity index (χ3n) is 21.8. The summed E-state index contributed by atoms with van der Waals surface area (Å²) in [6.07, 6.45) is 4.36. The van der Waals surface area contributed by atoms with E-state index in [0.29, 0.717) is 0 Å². The summed E-state index contributed by atoms with van der Waals surface area (Å²) >= 11 is 5.95. The standard InChI is InChI=1S/C46H30N4.C38H33BN2O2.C14H9ClN2/c1-4-13-31(14-5-1)44-38-21-10-11-22-41(38)47-46(48-44)34-16-12-15-32(29-34)33-23-25-43-40(30-33)37-24-26-42-39(27-28-49(42)35-17-6-2-7-18-35)45(37)50(43)36-19-8-3-9-20-36;1-37(2)38(3,4)43-39(42-37)28-13-11-12-26(24-28)27-18-20-35-33(25-27)31-19-21-34-32(22-23-40(34)29-14-7-5-8-15-29)36(31)41(35)30-16-9-6-10-17-30;15-14-16-12-9-5-4-8-11(12)13(17-14)10-6-2-1-3-7-10/h1-30H;5-25H,1-4H3;1-9H. The summed E-state index contributed by atoms with van der Waals surface area (Å²) in [6.45, 7) is 8.38. The van der Waals surface area contributed by atoms with Gasteiger partial charge in [-0.2, -0.15) is 0 Å². The predicted octanol–water partition coefficient (Wildman–Crippen LogP) is 24.3. The summed E-state index contributed by atoms with van der Waals surface area (Å²) in [7, 11) is -0.393. The highest BCUT2D eigenvalue weighted by Crippen LogP contribution is 2.44. The molecule has 0 unspecified atom stereocenters. The number of benzene rings is 14. The van der Waals surface area contributed by atoms with Gasteiger partial charge in [0.25, 0.3) is 0 Å². The molecule has 10 nitrogen and oxygen atoms in total. The van der Waals surface area contributed by atoms with E-state index >= 15 is 0 Å². The quantitative estimate of drug-likeness (QED) is 0.100. The number of fused-ring (bicyclic) bond motifs is 12. The number of hydrogen-bond acceptors (Lipinski definition) is 6. The number of aromatic nitrogens is 8. The van der Waals surface area contributed by atoms with Crippen molar-refractivity contribution >= 4 is 111 Å². The molecule has 0 bridgehead atoms. The molecule has 7 heterocycles. The Morgan fingerprint density at radius 2 is 0.664 bits per heavy atom. The molecule has 0 N–H and O–H groups in total. The second kappa shape index (κ2) is 27.8. The van der Waals surface area contributed by atoms with Gasteiger partial charge in [-0.3, -0.25) is 0 Å². The first-order valence-electron chi connectivity index (χ1n) is 37.2. The van der Waals surface area contributed by atoms with Crippen molar-refractivity contribution in [1.82, 2.24) is 38.2 Å². The van der Waals surface area contributed by atoms with Crippen molar-refractivity contribution in [2.24, 2.45) is 0 Å². The molecule has 20 aromatic rings. The van der Waals surface area contributed by atoms with E-state index < -0.39 is 7.12 Å². The molecule has 0 radical (unpaired) electrons. The van der Waals surface area contributed by atoms with Crippen LogP contribution in [0.5, 0.6) is 0 Å². The minimum absolute atomic E-state index is 0.280. The number of rotatable bonds is 10. The third-order valence-corrected chi connectivity index (χ3v) is 21.9. The molecule has 0 spiro atoms. The molecule has 0 atom stereocenters. The molecular formula is C98H72BClN8O2. The maximum atomic E-state index is 6.37. The van der Waals surface area contributed by atoms with Crippen LogP contribution in [-0.2, 0) is 9.31 Å². The van der Waals surface area contributed by atoms with Crippen molar-refractivity contribution in [3.8, 4) is 78.9 Å². The van der Waals surface area contributed by atoms with Crippen LogP contribution in [0.15, 0.2) is 364 Å². The molecule has 1 aliphatic heterocycles. The van der Waals surface area contributed by atoms with Gasteiger partial charge in [0.15, 0.2) is 5.82 Å². The Bertz CT molecular complexity index is 6850. The first-order chi connectivity index (χ1) is 53.9. The molecule has 0 aliphatic carbocycles. The van der Waals surface area contributed by atoms with Gasteiger partial charge in [0.05, 0.1) is 66.7 Å². The topological polar surface area (TPSA) is 89.7 Å². The lowest BCUT2D eigenvalue weighted by Crippen LogP contribution is -2.41. The van der Waals surface area contributed by atoms with Crippen LogP contribution in [0.2, 0.25) is 5.28 Å². The number of nitrogens with zero attached hydrogens (tertiary/aromatic N) is 8. The number of halogens is 1. The highest BCUT2D eigenvalue weighted by atomic mass is 35.5. The fourth-order valence-corrected chi connectivity index (χ4v) is 15.9. The molecular weight excluding hydrogens is 1370 g/mol. The van der Waals surface area contributed by atoms with Gasteiger partial charge in [0, 0.05) is 94.9 Å². The zero-order valence-corrected chi connectivity index (χ0v) is 61.7. The van der Waals surface area contributed by atoms with E-state index in [1.54, 1.807) is 0 Å². The summed E-state index contributed by atoms with van der Waals surface area (Å²) < 4.78 is 22.1. The lowest BCUT2D eigenvalue weighted by Gasteiger charge is -2.32. The third kappa shape index (κ3) is 12.1.